The number of nitrogens with one attached hydrogen (secondary N) is 1. The van der Waals surface area contributed by atoms with E-state index < -0.39 is 0 Å². The first kappa shape index (κ1) is 18.2. The van der Waals surface area contributed by atoms with Gasteiger partial charge >= 0.3 is 0 Å². The first-order chi connectivity index (χ1) is 10.4. The molecule has 0 unspecified atom stereocenters. The summed E-state index contributed by atoms with van der Waals surface area (Å²) in [6.45, 7) is 3.19. The fraction of sp³-hybridized carbons (Fsp3) is 0.684. The highest BCUT2D eigenvalue weighted by Gasteiger charge is 1.94. The number of aryl methyl sites for hydroxylation is 1. The quantitative estimate of drug-likeness (QED) is 0.502. The fourth-order valence-corrected chi connectivity index (χ4v) is 2.64. The zero-order chi connectivity index (χ0) is 15.0. The lowest BCUT2D eigenvalue weighted by Crippen LogP contribution is -2.17. The van der Waals surface area contributed by atoms with Crippen molar-refractivity contribution in [1.82, 2.24) is 5.32 Å². The van der Waals surface area contributed by atoms with E-state index in [4.69, 9.17) is 5.73 Å². The molecule has 0 aromatic heterocycles. The molecular formula is C19H34N2. The molecule has 1 aromatic carbocycles. The predicted octanol–water partition coefficient (Wildman–Crippen LogP) is 4.29. The molecular weight excluding hydrogens is 256 g/mol. The van der Waals surface area contributed by atoms with Crippen LogP contribution in [0, 0.1) is 0 Å². The Balaban J connectivity index is 1.75. The first-order valence-corrected chi connectivity index (χ1v) is 8.88. The maximum absolute atomic E-state index is 5.48. The predicted molar refractivity (Wildman–Crippen MR) is 93.6 cm³/mol. The summed E-state index contributed by atoms with van der Waals surface area (Å²) in [7, 11) is 0. The van der Waals surface area contributed by atoms with E-state index >= 15 is 0 Å². The highest BCUT2D eigenvalue weighted by atomic mass is 14.8. The van der Waals surface area contributed by atoms with E-state index in [1.54, 1.807) is 0 Å². The molecule has 0 aliphatic carbocycles. The third-order valence-corrected chi connectivity index (χ3v) is 3.97. The molecule has 2 nitrogen and oxygen atoms in total. The van der Waals surface area contributed by atoms with Crippen molar-refractivity contribution in [2.45, 2.75) is 64.2 Å². The largest absolute Gasteiger partial charge is 0.330 e. The summed E-state index contributed by atoms with van der Waals surface area (Å²) in [5.74, 6) is 0. The lowest BCUT2D eigenvalue weighted by molar-refractivity contribution is 0.548. The summed E-state index contributed by atoms with van der Waals surface area (Å²) in [5, 5.41) is 3.56. The van der Waals surface area contributed by atoms with Crippen molar-refractivity contribution in [2.75, 3.05) is 19.6 Å². The minimum atomic E-state index is 0.857. The van der Waals surface area contributed by atoms with Crippen molar-refractivity contribution in [3.8, 4) is 0 Å². The Bertz CT molecular complexity index is 311. The van der Waals surface area contributed by atoms with E-state index in [2.05, 4.69) is 35.6 Å². The van der Waals surface area contributed by atoms with Crippen LogP contribution in [-0.2, 0) is 6.42 Å². The molecule has 0 saturated carbocycles. The first-order valence-electron chi connectivity index (χ1n) is 8.88. The van der Waals surface area contributed by atoms with Gasteiger partial charge in [0.25, 0.3) is 0 Å². The second-order valence-electron chi connectivity index (χ2n) is 5.96. The number of unbranched alkanes of at least 4 members (excludes halogenated alkanes) is 7. The van der Waals surface area contributed by atoms with Crippen LogP contribution in [0.5, 0.6) is 0 Å². The van der Waals surface area contributed by atoms with Crippen LogP contribution in [0.25, 0.3) is 0 Å². The van der Waals surface area contributed by atoms with Gasteiger partial charge in [-0.1, -0.05) is 68.9 Å². The molecule has 21 heavy (non-hydrogen) atoms. The molecule has 0 saturated heterocycles. The van der Waals surface area contributed by atoms with Crippen molar-refractivity contribution in [3.05, 3.63) is 35.9 Å². The Labute approximate surface area is 131 Å². The minimum absolute atomic E-state index is 0.857. The van der Waals surface area contributed by atoms with Gasteiger partial charge in [-0.25, -0.2) is 0 Å². The van der Waals surface area contributed by atoms with Gasteiger partial charge in [-0.05, 0) is 50.9 Å². The van der Waals surface area contributed by atoms with Gasteiger partial charge in [0.05, 0.1) is 0 Å². The van der Waals surface area contributed by atoms with Gasteiger partial charge < -0.3 is 11.1 Å². The van der Waals surface area contributed by atoms with Crippen LogP contribution < -0.4 is 11.1 Å². The Kier molecular flexibility index (Phi) is 12.2. The molecule has 3 N–H and O–H groups in total. The summed E-state index contributed by atoms with van der Waals surface area (Å²) in [6, 6.07) is 10.8. The van der Waals surface area contributed by atoms with Crippen molar-refractivity contribution in [2.24, 2.45) is 5.73 Å². The highest BCUT2D eigenvalue weighted by molar-refractivity contribution is 5.14. The maximum atomic E-state index is 5.48. The molecule has 0 heterocycles. The number of hydrogen-bond acceptors (Lipinski definition) is 2. The lowest BCUT2D eigenvalue weighted by Gasteiger charge is -2.05. The van der Waals surface area contributed by atoms with Gasteiger partial charge in [-0.15, -0.1) is 0 Å². The maximum Gasteiger partial charge on any atom is -0.00457 e. The lowest BCUT2D eigenvalue weighted by atomic mass is 10.1. The Morgan fingerprint density at radius 1 is 0.667 bits per heavy atom. The molecule has 1 aromatic rings. The van der Waals surface area contributed by atoms with Gasteiger partial charge in [0.15, 0.2) is 0 Å². The molecule has 2 heteroatoms. The van der Waals surface area contributed by atoms with Crippen LogP contribution >= 0.6 is 0 Å². The molecule has 0 amide bonds. The Morgan fingerprint density at radius 3 is 1.90 bits per heavy atom. The average Bonchev–Trinajstić information content (AvgIpc) is 2.53. The van der Waals surface area contributed by atoms with Gasteiger partial charge in [0.1, 0.15) is 0 Å². The molecule has 0 radical (unpaired) electrons. The smallest absolute Gasteiger partial charge is 0.00457 e. The van der Waals surface area contributed by atoms with Crippen LogP contribution in [0.1, 0.15) is 63.4 Å². The van der Waals surface area contributed by atoms with E-state index in [0.717, 1.165) is 13.1 Å². The minimum Gasteiger partial charge on any atom is -0.330 e. The van der Waals surface area contributed by atoms with Crippen molar-refractivity contribution in [3.63, 3.8) is 0 Å². The topological polar surface area (TPSA) is 38.0 Å². The van der Waals surface area contributed by atoms with E-state index in [1.807, 2.05) is 0 Å². The van der Waals surface area contributed by atoms with Gasteiger partial charge in [0, 0.05) is 0 Å². The van der Waals surface area contributed by atoms with E-state index in [-0.39, 0.29) is 0 Å². The Hall–Kier alpha value is -0.860. The van der Waals surface area contributed by atoms with Gasteiger partial charge in [-0.3, -0.25) is 0 Å². The fourth-order valence-electron chi connectivity index (χ4n) is 2.64. The van der Waals surface area contributed by atoms with Crippen LogP contribution in [0.2, 0.25) is 0 Å². The number of rotatable bonds is 14. The van der Waals surface area contributed by atoms with Crippen molar-refractivity contribution >= 4 is 0 Å². The number of hydrogen-bond donors (Lipinski definition) is 2. The van der Waals surface area contributed by atoms with E-state index in [0.29, 0.717) is 0 Å². The number of benzene rings is 1. The van der Waals surface area contributed by atoms with E-state index in [9.17, 15) is 0 Å². The Morgan fingerprint density at radius 2 is 1.24 bits per heavy atom. The van der Waals surface area contributed by atoms with Crippen LogP contribution in [0.15, 0.2) is 30.3 Å². The second-order valence-corrected chi connectivity index (χ2v) is 5.96. The summed E-state index contributed by atoms with van der Waals surface area (Å²) in [5.41, 5.74) is 6.94. The molecule has 0 spiro atoms. The van der Waals surface area contributed by atoms with Crippen molar-refractivity contribution < 1.29 is 0 Å². The molecule has 0 atom stereocenters. The summed E-state index contributed by atoms with van der Waals surface area (Å²) in [6.07, 6.45) is 13.2. The third-order valence-electron chi connectivity index (χ3n) is 3.97. The number of nitrogens with two attached hydrogens (primary N) is 1. The molecule has 1 rings (SSSR count). The standard InChI is InChI=1S/C19H34N2/c20-16-10-5-3-1-2-4-6-11-17-21-18-12-15-19-13-8-7-9-14-19/h7-9,13-14,21H,1-6,10-12,15-18,20H2. The summed E-state index contributed by atoms with van der Waals surface area (Å²) in [4.78, 5) is 0. The molecule has 0 bridgehead atoms. The molecule has 0 fully saturated rings. The van der Waals surface area contributed by atoms with E-state index in [1.165, 1.54) is 76.3 Å². The normalized spacial score (nSPS) is 10.9. The van der Waals surface area contributed by atoms with Crippen LogP contribution in [0.4, 0.5) is 0 Å². The molecule has 0 aliphatic rings. The third kappa shape index (κ3) is 11.5. The van der Waals surface area contributed by atoms with Gasteiger partial charge in [-0.2, -0.15) is 0 Å². The summed E-state index contributed by atoms with van der Waals surface area (Å²) >= 11 is 0. The van der Waals surface area contributed by atoms with Gasteiger partial charge in [0.2, 0.25) is 0 Å². The zero-order valence-corrected chi connectivity index (χ0v) is 13.7. The summed E-state index contributed by atoms with van der Waals surface area (Å²) < 4.78 is 0. The highest BCUT2D eigenvalue weighted by Crippen LogP contribution is 2.08. The van der Waals surface area contributed by atoms with Crippen molar-refractivity contribution in [1.29, 1.82) is 0 Å². The van der Waals surface area contributed by atoms with Crippen LogP contribution in [0.3, 0.4) is 0 Å². The van der Waals surface area contributed by atoms with Crippen LogP contribution in [-0.4, -0.2) is 19.6 Å². The zero-order valence-electron chi connectivity index (χ0n) is 13.7. The average molecular weight is 290 g/mol. The monoisotopic (exact) mass is 290 g/mol. The molecule has 120 valence electrons. The second kappa shape index (κ2) is 14.1. The molecule has 0 aliphatic heterocycles. The SMILES string of the molecule is NCCCCCCCCCCNCCCc1ccccc1.